The van der Waals surface area contributed by atoms with E-state index in [4.69, 9.17) is 0 Å². The Labute approximate surface area is 202 Å². The molecular weight excluding hydrogens is 439 g/mol. The Morgan fingerprint density at radius 2 is 1.32 bits per heavy atom. The minimum absolute atomic E-state index is 0.0267. The van der Waals surface area contributed by atoms with E-state index < -0.39 is 23.4 Å². The van der Waals surface area contributed by atoms with Crippen LogP contribution in [0.1, 0.15) is 101 Å². The Balaban J connectivity index is 1.61. The van der Waals surface area contributed by atoms with Gasteiger partial charge < -0.3 is 5.11 Å². The van der Waals surface area contributed by atoms with E-state index in [1.165, 1.54) is 64.2 Å². The molecule has 4 rings (SSSR count). The van der Waals surface area contributed by atoms with Crippen molar-refractivity contribution in [1.29, 1.82) is 0 Å². The second-order valence-corrected chi connectivity index (χ2v) is 11.2. The van der Waals surface area contributed by atoms with Gasteiger partial charge in [-0.05, 0) is 86.3 Å². The Morgan fingerprint density at radius 3 is 1.82 bits per heavy atom. The molecule has 3 aliphatic carbocycles. The molecule has 3 nitrogen and oxygen atoms in total. The first kappa shape index (κ1) is 25.5. The number of carboxylic acids is 1. The van der Waals surface area contributed by atoms with Gasteiger partial charge in [0, 0.05) is 25.6 Å². The zero-order valence-electron chi connectivity index (χ0n) is 20.3. The maximum atomic E-state index is 14.3. The van der Waals surface area contributed by atoms with E-state index in [0.717, 1.165) is 38.1 Å². The third kappa shape index (κ3) is 6.56. The number of nitrogens with zero attached hydrogens (tertiary/aromatic N) is 1. The lowest BCUT2D eigenvalue weighted by molar-refractivity contribution is -0.138. The van der Waals surface area contributed by atoms with Crippen LogP contribution in [0.3, 0.4) is 0 Å². The van der Waals surface area contributed by atoms with Crippen LogP contribution < -0.4 is 0 Å². The summed E-state index contributed by atoms with van der Waals surface area (Å²) in [5, 5.41) is 9.37. The number of hydrogen-bond acceptors (Lipinski definition) is 2. The van der Waals surface area contributed by atoms with Gasteiger partial charge in [0.15, 0.2) is 17.5 Å². The topological polar surface area (TPSA) is 40.5 Å². The number of rotatable bonds is 8. The average molecular weight is 480 g/mol. The summed E-state index contributed by atoms with van der Waals surface area (Å²) in [6.07, 6.45) is 14.9. The highest BCUT2D eigenvalue weighted by Crippen LogP contribution is 2.42. The minimum atomic E-state index is -1.43. The first-order chi connectivity index (χ1) is 16.4. The van der Waals surface area contributed by atoms with Crippen molar-refractivity contribution in [3.05, 3.63) is 35.1 Å². The minimum Gasteiger partial charge on any atom is -0.481 e. The van der Waals surface area contributed by atoms with Crippen LogP contribution >= 0.6 is 0 Å². The van der Waals surface area contributed by atoms with Crippen LogP contribution in [0.4, 0.5) is 13.2 Å². The van der Waals surface area contributed by atoms with Crippen LogP contribution in [0.15, 0.2) is 12.1 Å². The molecule has 0 aliphatic heterocycles. The number of carboxylic acid groups (broad SMARTS) is 1. The van der Waals surface area contributed by atoms with E-state index in [9.17, 15) is 23.1 Å². The van der Waals surface area contributed by atoms with Gasteiger partial charge in [-0.25, -0.2) is 13.2 Å². The van der Waals surface area contributed by atoms with Crippen LogP contribution in [-0.2, 0) is 4.79 Å². The molecule has 0 aromatic heterocycles. The van der Waals surface area contributed by atoms with Gasteiger partial charge in [0.2, 0.25) is 0 Å². The first-order valence-corrected chi connectivity index (χ1v) is 13.5. The lowest BCUT2D eigenvalue weighted by Crippen LogP contribution is -2.47. The molecule has 3 atom stereocenters. The molecule has 3 saturated carbocycles. The van der Waals surface area contributed by atoms with Crippen molar-refractivity contribution in [2.75, 3.05) is 13.1 Å². The molecule has 6 heteroatoms. The molecule has 0 amide bonds. The second kappa shape index (κ2) is 11.9. The van der Waals surface area contributed by atoms with Crippen molar-refractivity contribution in [1.82, 2.24) is 4.90 Å². The molecular formula is C28H40F3NO2. The predicted molar refractivity (Wildman–Crippen MR) is 127 cm³/mol. The summed E-state index contributed by atoms with van der Waals surface area (Å²) < 4.78 is 42.3. The molecule has 1 aromatic carbocycles. The van der Waals surface area contributed by atoms with E-state index in [1.54, 1.807) is 0 Å². The summed E-state index contributed by atoms with van der Waals surface area (Å²) in [5.74, 6) is -3.48. The Bertz CT molecular complexity index is 777. The molecule has 0 spiro atoms. The van der Waals surface area contributed by atoms with Gasteiger partial charge in [0.05, 0.1) is 0 Å². The normalized spacial score (nSPS) is 27.2. The number of carbonyl (C=O) groups is 1. The fraction of sp³-hybridized carbons (Fsp3) is 0.750. The maximum Gasteiger partial charge on any atom is 0.303 e. The highest BCUT2D eigenvalue weighted by molar-refractivity contribution is 5.67. The Morgan fingerprint density at radius 1 is 0.794 bits per heavy atom. The molecule has 0 bridgehead atoms. The Kier molecular flexibility index (Phi) is 8.95. The third-order valence-corrected chi connectivity index (χ3v) is 8.72. The van der Waals surface area contributed by atoms with Crippen LogP contribution in [-0.4, -0.2) is 35.1 Å². The molecule has 34 heavy (non-hydrogen) atoms. The summed E-state index contributed by atoms with van der Waals surface area (Å²) in [7, 11) is 0. The summed E-state index contributed by atoms with van der Waals surface area (Å²) >= 11 is 0. The van der Waals surface area contributed by atoms with Crippen molar-refractivity contribution in [2.24, 2.45) is 17.8 Å². The zero-order valence-corrected chi connectivity index (χ0v) is 20.3. The van der Waals surface area contributed by atoms with Gasteiger partial charge in [-0.3, -0.25) is 9.69 Å². The van der Waals surface area contributed by atoms with Crippen molar-refractivity contribution in [3.8, 4) is 0 Å². The smallest absolute Gasteiger partial charge is 0.303 e. The fourth-order valence-corrected chi connectivity index (χ4v) is 7.01. The molecule has 1 N–H and O–H groups in total. The number of benzene rings is 1. The standard InChI is InChI=1S/C28H40F3NO2/c29-24-15-22(16-25(30)28(24)31)23-13-21(14-27(33)34)11-12-26(23)32(17-19-7-3-1-4-8-19)18-20-9-5-2-6-10-20/h15-16,19-21,23,26H,1-14,17-18H2,(H,33,34). The van der Waals surface area contributed by atoms with Gasteiger partial charge in [-0.1, -0.05) is 38.5 Å². The molecule has 3 aliphatic rings. The van der Waals surface area contributed by atoms with Crippen LogP contribution in [0.2, 0.25) is 0 Å². The van der Waals surface area contributed by atoms with Gasteiger partial charge in [0.25, 0.3) is 0 Å². The van der Waals surface area contributed by atoms with Crippen molar-refractivity contribution < 1.29 is 23.1 Å². The van der Waals surface area contributed by atoms with Crippen molar-refractivity contribution in [2.45, 2.75) is 102 Å². The van der Waals surface area contributed by atoms with Gasteiger partial charge in [0.1, 0.15) is 0 Å². The molecule has 1 aromatic rings. The van der Waals surface area contributed by atoms with Crippen LogP contribution in [0.25, 0.3) is 0 Å². The maximum absolute atomic E-state index is 14.3. The summed E-state index contributed by atoms with van der Waals surface area (Å²) in [6, 6.07) is 2.41. The predicted octanol–water partition coefficient (Wildman–Crippen LogP) is 7.29. The molecule has 0 radical (unpaired) electrons. The molecule has 3 unspecified atom stereocenters. The number of aliphatic carboxylic acids is 1. The third-order valence-electron chi connectivity index (χ3n) is 8.72. The van der Waals surface area contributed by atoms with E-state index >= 15 is 0 Å². The highest BCUT2D eigenvalue weighted by atomic mass is 19.2. The van der Waals surface area contributed by atoms with E-state index in [-0.39, 0.29) is 24.3 Å². The molecule has 190 valence electrons. The second-order valence-electron chi connectivity index (χ2n) is 11.2. The van der Waals surface area contributed by atoms with Gasteiger partial charge in [-0.15, -0.1) is 0 Å². The van der Waals surface area contributed by atoms with Crippen molar-refractivity contribution >= 4 is 5.97 Å². The Hall–Kier alpha value is -1.56. The van der Waals surface area contributed by atoms with E-state index in [1.807, 2.05) is 0 Å². The summed E-state index contributed by atoms with van der Waals surface area (Å²) in [5.41, 5.74) is 0.480. The lowest BCUT2D eigenvalue weighted by Gasteiger charge is -2.45. The fourth-order valence-electron chi connectivity index (χ4n) is 7.01. The lowest BCUT2D eigenvalue weighted by atomic mass is 9.72. The molecule has 3 fully saturated rings. The highest BCUT2D eigenvalue weighted by Gasteiger charge is 2.38. The quantitative estimate of drug-likeness (QED) is 0.398. The zero-order chi connectivity index (χ0) is 24.1. The molecule has 0 heterocycles. The number of halogens is 3. The van der Waals surface area contributed by atoms with E-state index in [2.05, 4.69) is 4.90 Å². The van der Waals surface area contributed by atoms with Gasteiger partial charge >= 0.3 is 5.97 Å². The van der Waals surface area contributed by atoms with E-state index in [0.29, 0.717) is 23.8 Å². The van der Waals surface area contributed by atoms with Gasteiger partial charge in [-0.2, -0.15) is 0 Å². The SMILES string of the molecule is O=C(O)CC1CCC(N(CC2CCCCC2)CC2CCCCC2)C(c2cc(F)c(F)c(F)c2)C1. The average Bonchev–Trinajstić information content (AvgIpc) is 2.83. The molecule has 0 saturated heterocycles. The van der Waals surface area contributed by atoms with Crippen LogP contribution in [0, 0.1) is 35.2 Å². The first-order valence-electron chi connectivity index (χ1n) is 13.5. The summed E-state index contributed by atoms with van der Waals surface area (Å²) in [4.78, 5) is 14.0. The summed E-state index contributed by atoms with van der Waals surface area (Å²) in [6.45, 7) is 2.01. The number of hydrogen-bond donors (Lipinski definition) is 1. The monoisotopic (exact) mass is 479 g/mol. The van der Waals surface area contributed by atoms with Crippen molar-refractivity contribution in [3.63, 3.8) is 0 Å². The largest absolute Gasteiger partial charge is 0.481 e. The van der Waals surface area contributed by atoms with Crippen LogP contribution in [0.5, 0.6) is 0 Å².